The van der Waals surface area contributed by atoms with Gasteiger partial charge >= 0.3 is 0 Å². The summed E-state index contributed by atoms with van der Waals surface area (Å²) in [6.07, 6.45) is 2.75. The molecule has 1 aliphatic rings. The molecule has 2 rings (SSSR count). The molecule has 1 amide bonds. The molecular formula is C13H21N5O2. The number of nitrogens with two attached hydrogens (primary N) is 2. The van der Waals surface area contributed by atoms with Gasteiger partial charge in [-0.2, -0.15) is 0 Å². The monoisotopic (exact) mass is 279 g/mol. The minimum atomic E-state index is -0.326. The average molecular weight is 279 g/mol. The van der Waals surface area contributed by atoms with Crippen molar-refractivity contribution in [3.05, 3.63) is 11.9 Å². The molecular weight excluding hydrogens is 258 g/mol. The highest BCUT2D eigenvalue weighted by molar-refractivity contribution is 5.83. The molecule has 1 aliphatic heterocycles. The molecule has 0 aliphatic carbocycles. The zero-order valence-electron chi connectivity index (χ0n) is 11.7. The number of hydrogen-bond acceptors (Lipinski definition) is 6. The number of rotatable bonds is 5. The van der Waals surface area contributed by atoms with Gasteiger partial charge in [0.1, 0.15) is 24.3 Å². The van der Waals surface area contributed by atoms with Gasteiger partial charge in [0.2, 0.25) is 5.91 Å². The highest BCUT2D eigenvalue weighted by Crippen LogP contribution is 2.24. The summed E-state index contributed by atoms with van der Waals surface area (Å²) in [6.45, 7) is 3.55. The third kappa shape index (κ3) is 3.36. The van der Waals surface area contributed by atoms with Gasteiger partial charge in [0.05, 0.1) is 0 Å². The molecule has 7 nitrogen and oxygen atoms in total. The van der Waals surface area contributed by atoms with Gasteiger partial charge in [-0.25, -0.2) is 9.97 Å². The van der Waals surface area contributed by atoms with Crippen LogP contribution in [0.15, 0.2) is 6.07 Å². The summed E-state index contributed by atoms with van der Waals surface area (Å²) in [5.74, 6) is 1.22. The fourth-order valence-electron chi connectivity index (χ4n) is 2.41. The number of piperidine rings is 1. The van der Waals surface area contributed by atoms with Crippen molar-refractivity contribution < 1.29 is 9.53 Å². The number of anilines is 2. The number of carbonyl (C=O) groups is 1. The van der Waals surface area contributed by atoms with Crippen LogP contribution in [0, 0.1) is 0 Å². The first-order valence-electron chi connectivity index (χ1n) is 6.89. The molecule has 4 N–H and O–H groups in total. The van der Waals surface area contributed by atoms with E-state index in [1.165, 1.54) is 0 Å². The maximum absolute atomic E-state index is 11.6. The van der Waals surface area contributed by atoms with E-state index in [1.807, 2.05) is 11.8 Å². The van der Waals surface area contributed by atoms with Crippen molar-refractivity contribution in [3.63, 3.8) is 0 Å². The number of carbonyl (C=O) groups excluding carboxylic acids is 1. The van der Waals surface area contributed by atoms with Crippen molar-refractivity contribution in [1.82, 2.24) is 9.97 Å². The van der Waals surface area contributed by atoms with Crippen LogP contribution in [0.1, 0.15) is 32.0 Å². The highest BCUT2D eigenvalue weighted by atomic mass is 16.5. The second kappa shape index (κ2) is 6.51. The normalized spacial score (nSPS) is 19.1. The topological polar surface area (TPSA) is 107 Å². The first kappa shape index (κ1) is 14.5. The van der Waals surface area contributed by atoms with Gasteiger partial charge < -0.3 is 21.1 Å². The Bertz CT molecular complexity index is 480. The minimum Gasteiger partial charge on any atom is -0.384 e. The molecule has 1 aromatic rings. The quantitative estimate of drug-likeness (QED) is 0.809. The molecule has 0 spiro atoms. The van der Waals surface area contributed by atoms with Gasteiger partial charge in [-0.15, -0.1) is 0 Å². The van der Waals surface area contributed by atoms with Crippen LogP contribution in [0.3, 0.4) is 0 Å². The highest BCUT2D eigenvalue weighted by Gasteiger charge is 2.28. The number of nitrogens with zero attached hydrogens (tertiary/aromatic N) is 3. The Morgan fingerprint density at radius 2 is 2.30 bits per heavy atom. The fraction of sp³-hybridized carbons (Fsp3) is 0.615. The number of ether oxygens (including phenoxy) is 1. The predicted molar refractivity (Wildman–Crippen MR) is 76.0 cm³/mol. The van der Waals surface area contributed by atoms with Crippen molar-refractivity contribution in [2.45, 2.75) is 38.8 Å². The molecule has 1 atom stereocenters. The van der Waals surface area contributed by atoms with Gasteiger partial charge in [-0.3, -0.25) is 4.79 Å². The Morgan fingerprint density at radius 3 is 3.00 bits per heavy atom. The number of nitrogen functional groups attached to an aromatic ring is 1. The van der Waals surface area contributed by atoms with Gasteiger partial charge in [-0.05, 0) is 26.2 Å². The molecule has 0 radical (unpaired) electrons. The lowest BCUT2D eigenvalue weighted by molar-refractivity contribution is -0.119. The largest absolute Gasteiger partial charge is 0.384 e. The SMILES string of the molecule is CCOCc1nc(N)cc(N2CCCCC2C(N)=O)n1. The first-order chi connectivity index (χ1) is 9.61. The zero-order chi connectivity index (χ0) is 14.5. The Morgan fingerprint density at radius 1 is 1.50 bits per heavy atom. The third-order valence-corrected chi connectivity index (χ3v) is 3.34. The minimum absolute atomic E-state index is 0.309. The van der Waals surface area contributed by atoms with Gasteiger partial charge in [-0.1, -0.05) is 0 Å². The number of amides is 1. The van der Waals surface area contributed by atoms with Crippen LogP contribution in [0.5, 0.6) is 0 Å². The van der Waals surface area contributed by atoms with Crippen molar-refractivity contribution in [1.29, 1.82) is 0 Å². The van der Waals surface area contributed by atoms with E-state index in [1.54, 1.807) is 6.07 Å². The van der Waals surface area contributed by atoms with Gasteiger partial charge in [0.15, 0.2) is 5.82 Å². The van der Waals surface area contributed by atoms with Crippen LogP contribution in [-0.2, 0) is 16.1 Å². The first-order valence-corrected chi connectivity index (χ1v) is 6.89. The van der Waals surface area contributed by atoms with Crippen LogP contribution in [0.25, 0.3) is 0 Å². The fourth-order valence-corrected chi connectivity index (χ4v) is 2.41. The summed E-state index contributed by atoms with van der Waals surface area (Å²) >= 11 is 0. The second-order valence-electron chi connectivity index (χ2n) is 4.81. The molecule has 20 heavy (non-hydrogen) atoms. The van der Waals surface area contributed by atoms with E-state index < -0.39 is 0 Å². The van der Waals surface area contributed by atoms with E-state index in [2.05, 4.69) is 9.97 Å². The van der Waals surface area contributed by atoms with Crippen molar-refractivity contribution in [3.8, 4) is 0 Å². The molecule has 1 unspecified atom stereocenters. The molecule has 0 aromatic carbocycles. The molecule has 1 aromatic heterocycles. The number of hydrogen-bond donors (Lipinski definition) is 2. The second-order valence-corrected chi connectivity index (χ2v) is 4.81. The summed E-state index contributed by atoms with van der Waals surface area (Å²) in [6, 6.07) is 1.36. The molecule has 0 bridgehead atoms. The Balaban J connectivity index is 2.25. The lowest BCUT2D eigenvalue weighted by Gasteiger charge is -2.34. The smallest absolute Gasteiger partial charge is 0.240 e. The van der Waals surface area contributed by atoms with Crippen molar-refractivity contribution in [2.75, 3.05) is 23.8 Å². The van der Waals surface area contributed by atoms with Gasteiger partial charge in [0, 0.05) is 19.2 Å². The van der Waals surface area contributed by atoms with Crippen LogP contribution in [-0.4, -0.2) is 35.1 Å². The average Bonchev–Trinajstić information content (AvgIpc) is 2.44. The molecule has 110 valence electrons. The number of aromatic nitrogens is 2. The Hall–Kier alpha value is -1.89. The van der Waals surface area contributed by atoms with Crippen molar-refractivity contribution in [2.24, 2.45) is 5.73 Å². The number of primary amides is 1. The lowest BCUT2D eigenvalue weighted by Crippen LogP contribution is -2.48. The summed E-state index contributed by atoms with van der Waals surface area (Å²) in [5, 5.41) is 0. The summed E-state index contributed by atoms with van der Waals surface area (Å²) in [5.41, 5.74) is 11.3. The molecule has 2 heterocycles. The van der Waals surface area contributed by atoms with E-state index >= 15 is 0 Å². The van der Waals surface area contributed by atoms with E-state index in [-0.39, 0.29) is 11.9 Å². The van der Waals surface area contributed by atoms with Crippen molar-refractivity contribution >= 4 is 17.5 Å². The zero-order valence-corrected chi connectivity index (χ0v) is 11.7. The van der Waals surface area contributed by atoms with Crippen LogP contribution >= 0.6 is 0 Å². The lowest BCUT2D eigenvalue weighted by atomic mass is 10.0. The third-order valence-electron chi connectivity index (χ3n) is 3.34. The standard InChI is InChI=1S/C13H21N5O2/c1-2-20-8-11-16-10(14)7-12(17-11)18-6-4-3-5-9(18)13(15)19/h7,9H,2-6,8H2,1H3,(H2,15,19)(H2,14,16,17). The summed E-state index contributed by atoms with van der Waals surface area (Å²) in [7, 11) is 0. The predicted octanol–water partition coefficient (Wildman–Crippen LogP) is 0.440. The van der Waals surface area contributed by atoms with Crippen LogP contribution < -0.4 is 16.4 Å². The Labute approximate surface area is 118 Å². The maximum atomic E-state index is 11.6. The maximum Gasteiger partial charge on any atom is 0.240 e. The van der Waals surface area contributed by atoms with Crippen LogP contribution in [0.4, 0.5) is 11.6 Å². The van der Waals surface area contributed by atoms with Gasteiger partial charge in [0.25, 0.3) is 0 Å². The van der Waals surface area contributed by atoms with E-state index in [4.69, 9.17) is 16.2 Å². The summed E-state index contributed by atoms with van der Waals surface area (Å²) < 4.78 is 5.30. The van der Waals surface area contributed by atoms with E-state index in [0.717, 1.165) is 25.8 Å². The van der Waals surface area contributed by atoms with Crippen LogP contribution in [0.2, 0.25) is 0 Å². The molecule has 7 heteroatoms. The molecule has 1 fully saturated rings. The molecule has 1 saturated heterocycles. The summed E-state index contributed by atoms with van der Waals surface area (Å²) in [4.78, 5) is 22.0. The Kier molecular flexibility index (Phi) is 4.73. The molecule has 0 saturated carbocycles. The van der Waals surface area contributed by atoms with E-state index in [9.17, 15) is 4.79 Å². The van der Waals surface area contributed by atoms with E-state index in [0.29, 0.717) is 30.7 Å².